The minimum absolute atomic E-state index is 0.00323. The second-order valence-electron chi connectivity index (χ2n) is 12.6. The molecule has 2 saturated heterocycles. The van der Waals surface area contributed by atoms with E-state index in [1.165, 1.54) is 0 Å². The van der Waals surface area contributed by atoms with Crippen molar-refractivity contribution in [3.63, 3.8) is 0 Å². The molecule has 1 unspecified atom stereocenters. The molecule has 0 spiro atoms. The highest BCUT2D eigenvalue weighted by Gasteiger charge is 2.52. The molecule has 8 heteroatoms. The largest absolute Gasteiger partial charge is 0.444 e. The number of halogens is 1. The van der Waals surface area contributed by atoms with Crippen molar-refractivity contribution in [1.29, 1.82) is 5.26 Å². The van der Waals surface area contributed by atoms with Crippen LogP contribution in [0.1, 0.15) is 70.4 Å². The summed E-state index contributed by atoms with van der Waals surface area (Å²) in [6, 6.07) is 7.38. The van der Waals surface area contributed by atoms with Crippen LogP contribution in [-0.2, 0) is 20.7 Å². The smallest absolute Gasteiger partial charge is 0.411 e. The van der Waals surface area contributed by atoms with Gasteiger partial charge >= 0.3 is 6.09 Å². The van der Waals surface area contributed by atoms with Gasteiger partial charge in [0.1, 0.15) is 11.4 Å². The lowest BCUT2D eigenvalue weighted by atomic mass is 9.87. The SMILES string of the molecule is CC(C)(C)OC(=O)N1[C@@H]2CC[C@@H](C2)[C@H]1C(=O)C[C@H](C#N)Cc1ccc(C2=CCN(C3CCOC3)CC2)cc1F. The fourth-order valence-electron chi connectivity index (χ4n) is 6.77. The van der Waals surface area contributed by atoms with Crippen LogP contribution in [0.3, 0.4) is 0 Å². The third kappa shape index (κ3) is 6.20. The topological polar surface area (TPSA) is 82.9 Å². The molecule has 3 fully saturated rings. The van der Waals surface area contributed by atoms with E-state index in [0.29, 0.717) is 11.6 Å². The lowest BCUT2D eigenvalue weighted by molar-refractivity contribution is -0.126. The van der Waals surface area contributed by atoms with Crippen molar-refractivity contribution >= 4 is 17.4 Å². The van der Waals surface area contributed by atoms with Crippen molar-refractivity contribution in [2.24, 2.45) is 11.8 Å². The summed E-state index contributed by atoms with van der Waals surface area (Å²) < 4.78 is 26.3. The predicted molar refractivity (Wildman–Crippen MR) is 145 cm³/mol. The zero-order valence-electron chi connectivity index (χ0n) is 23.3. The molecular formula is C31H40FN3O4. The first kappa shape index (κ1) is 27.8. The number of nitrogens with zero attached hydrogens (tertiary/aromatic N) is 3. The number of fused-ring (bicyclic) bond motifs is 2. The highest BCUT2D eigenvalue weighted by Crippen LogP contribution is 2.44. The molecule has 3 heterocycles. The van der Waals surface area contributed by atoms with Crippen LogP contribution in [0, 0.1) is 29.0 Å². The van der Waals surface area contributed by atoms with Crippen molar-refractivity contribution in [2.75, 3.05) is 26.3 Å². The lowest BCUT2D eigenvalue weighted by Crippen LogP contribution is -2.51. The molecule has 4 aliphatic rings. The number of amides is 1. The number of ketones is 1. The molecule has 1 saturated carbocycles. The van der Waals surface area contributed by atoms with Crippen LogP contribution in [0.4, 0.5) is 9.18 Å². The molecule has 7 nitrogen and oxygen atoms in total. The number of piperidine rings is 1. The molecule has 1 amide bonds. The second-order valence-corrected chi connectivity index (χ2v) is 12.6. The second kappa shape index (κ2) is 11.4. The van der Waals surface area contributed by atoms with Crippen LogP contribution in [-0.4, -0.2) is 71.7 Å². The Morgan fingerprint density at radius 1 is 1.23 bits per heavy atom. The Labute approximate surface area is 230 Å². The van der Waals surface area contributed by atoms with Gasteiger partial charge in [-0.1, -0.05) is 18.2 Å². The van der Waals surface area contributed by atoms with Crippen LogP contribution in [0.2, 0.25) is 0 Å². The van der Waals surface area contributed by atoms with Gasteiger partial charge in [0.05, 0.1) is 24.6 Å². The standard InChI is InChI=1S/C31H40FN3O4/c1-31(2,3)39-30(37)35-25-7-6-24(16-25)29(35)28(36)15-20(18-33)14-23-5-4-22(17-27(23)32)21-8-11-34(12-9-21)26-10-13-38-19-26/h4-5,8,17,20,24-26,29H,6-7,9-16,19H2,1-3H3/t20-,24+,25-,26?,29+/m1/s1. The van der Waals surface area contributed by atoms with E-state index in [4.69, 9.17) is 9.47 Å². The minimum atomic E-state index is -0.659. The van der Waals surface area contributed by atoms with E-state index >= 15 is 4.39 Å². The molecule has 39 heavy (non-hydrogen) atoms. The first-order valence-corrected chi connectivity index (χ1v) is 14.4. The van der Waals surface area contributed by atoms with E-state index in [0.717, 1.165) is 69.5 Å². The zero-order chi connectivity index (χ0) is 27.7. The summed E-state index contributed by atoms with van der Waals surface area (Å²) in [5, 5.41) is 9.85. The summed E-state index contributed by atoms with van der Waals surface area (Å²) in [7, 11) is 0. The van der Waals surface area contributed by atoms with Gasteiger partial charge in [0.15, 0.2) is 5.78 Å². The third-order valence-electron chi connectivity index (χ3n) is 8.70. The molecule has 210 valence electrons. The average Bonchev–Trinajstić information content (AvgIpc) is 3.66. The number of Topliss-reactive ketones (excluding diaryl/α,β-unsaturated/α-hetero) is 1. The number of nitriles is 1. The Morgan fingerprint density at radius 2 is 2.05 bits per heavy atom. The van der Waals surface area contributed by atoms with Gasteiger partial charge < -0.3 is 9.47 Å². The number of hydrogen-bond acceptors (Lipinski definition) is 6. The van der Waals surface area contributed by atoms with Crippen molar-refractivity contribution in [3.05, 3.63) is 41.2 Å². The molecule has 2 bridgehead atoms. The van der Waals surface area contributed by atoms with Gasteiger partial charge in [-0.05, 0) is 88.0 Å². The van der Waals surface area contributed by atoms with Gasteiger partial charge in [-0.25, -0.2) is 9.18 Å². The van der Waals surface area contributed by atoms with E-state index in [2.05, 4.69) is 17.0 Å². The van der Waals surface area contributed by atoms with Crippen molar-refractivity contribution in [3.8, 4) is 6.07 Å². The van der Waals surface area contributed by atoms with E-state index in [-0.39, 0.29) is 36.4 Å². The number of carbonyl (C=O) groups excluding carboxylic acids is 2. The Kier molecular flexibility index (Phi) is 8.11. The van der Waals surface area contributed by atoms with Gasteiger partial charge in [0.2, 0.25) is 0 Å². The quantitative estimate of drug-likeness (QED) is 0.479. The van der Waals surface area contributed by atoms with Crippen molar-refractivity contribution in [1.82, 2.24) is 9.80 Å². The van der Waals surface area contributed by atoms with Gasteiger partial charge in [-0.15, -0.1) is 0 Å². The number of benzene rings is 1. The van der Waals surface area contributed by atoms with E-state index in [9.17, 15) is 14.9 Å². The van der Waals surface area contributed by atoms with Crippen LogP contribution in [0.25, 0.3) is 5.57 Å². The average molecular weight is 538 g/mol. The summed E-state index contributed by atoms with van der Waals surface area (Å²) in [6.45, 7) is 8.83. The number of likely N-dealkylation sites (tertiary alicyclic amines) is 1. The highest BCUT2D eigenvalue weighted by atomic mass is 19.1. The number of ether oxygens (including phenoxy) is 2. The Balaban J connectivity index is 1.21. The van der Waals surface area contributed by atoms with Crippen LogP contribution in [0.5, 0.6) is 0 Å². The lowest BCUT2D eigenvalue weighted by Gasteiger charge is -2.35. The molecule has 1 aromatic rings. The molecule has 1 aliphatic carbocycles. The maximum absolute atomic E-state index is 15.2. The fraction of sp³-hybridized carbons (Fsp3) is 0.645. The fourth-order valence-corrected chi connectivity index (χ4v) is 6.77. The van der Waals surface area contributed by atoms with Crippen LogP contribution < -0.4 is 0 Å². The monoisotopic (exact) mass is 537 g/mol. The van der Waals surface area contributed by atoms with Gasteiger partial charge in [0.25, 0.3) is 0 Å². The Hall–Kier alpha value is -2.76. The summed E-state index contributed by atoms with van der Waals surface area (Å²) >= 11 is 0. The molecule has 0 radical (unpaired) electrons. The summed E-state index contributed by atoms with van der Waals surface area (Å²) in [5.74, 6) is -1.02. The highest BCUT2D eigenvalue weighted by molar-refractivity contribution is 5.89. The molecule has 0 N–H and O–H groups in total. The first-order valence-electron chi connectivity index (χ1n) is 14.4. The zero-order valence-corrected chi connectivity index (χ0v) is 23.3. The van der Waals surface area contributed by atoms with E-state index in [1.807, 2.05) is 26.8 Å². The van der Waals surface area contributed by atoms with Gasteiger partial charge in [0, 0.05) is 38.2 Å². The third-order valence-corrected chi connectivity index (χ3v) is 8.70. The first-order chi connectivity index (χ1) is 18.6. The Morgan fingerprint density at radius 3 is 2.69 bits per heavy atom. The van der Waals surface area contributed by atoms with Gasteiger partial charge in [-0.2, -0.15) is 5.26 Å². The number of carbonyl (C=O) groups is 2. The maximum Gasteiger partial charge on any atom is 0.411 e. The molecule has 0 aromatic heterocycles. The molecule has 5 rings (SSSR count). The van der Waals surface area contributed by atoms with Crippen LogP contribution >= 0.6 is 0 Å². The number of rotatable bonds is 7. The van der Waals surface area contributed by atoms with E-state index < -0.39 is 23.7 Å². The molecule has 5 atom stereocenters. The predicted octanol–water partition coefficient (Wildman–Crippen LogP) is 5.13. The van der Waals surface area contributed by atoms with E-state index in [1.54, 1.807) is 17.0 Å². The Bertz CT molecular complexity index is 1160. The summed E-state index contributed by atoms with van der Waals surface area (Å²) in [5.41, 5.74) is 1.80. The molecule has 1 aromatic carbocycles. The normalized spacial score (nSPS) is 27.8. The van der Waals surface area contributed by atoms with Gasteiger partial charge in [-0.3, -0.25) is 14.6 Å². The van der Waals surface area contributed by atoms with Crippen LogP contribution in [0.15, 0.2) is 24.3 Å². The maximum atomic E-state index is 15.2. The number of hydrogen-bond donors (Lipinski definition) is 0. The van der Waals surface area contributed by atoms with Crippen molar-refractivity contribution < 1.29 is 23.5 Å². The van der Waals surface area contributed by atoms with Crippen molar-refractivity contribution in [2.45, 2.75) is 89.4 Å². The summed E-state index contributed by atoms with van der Waals surface area (Å²) in [6.07, 6.45) is 6.38. The summed E-state index contributed by atoms with van der Waals surface area (Å²) in [4.78, 5) is 30.4. The molecule has 3 aliphatic heterocycles. The molecular weight excluding hydrogens is 497 g/mol. The minimum Gasteiger partial charge on any atom is -0.444 e.